The molecule has 0 atom stereocenters. The number of carbonyl (C=O) groups is 1. The number of rotatable bonds is 6. The average Bonchev–Trinajstić information content (AvgIpc) is 2.75. The number of hydrogen-bond acceptors (Lipinski definition) is 6. The molecule has 1 aromatic heterocycles. The fraction of sp³-hybridized carbons (Fsp3) is 0.273. The van der Waals surface area contributed by atoms with E-state index in [9.17, 15) is 26.4 Å². The molecule has 11 heteroatoms. The fourth-order valence-corrected chi connectivity index (χ4v) is 4.78. The Morgan fingerprint density at radius 2 is 1.88 bits per heavy atom. The van der Waals surface area contributed by atoms with E-state index in [-0.39, 0.29) is 55.9 Å². The molecule has 0 bridgehead atoms. The number of esters is 1. The Bertz CT molecular complexity index is 1340. The molecule has 1 heterocycles. The van der Waals surface area contributed by atoms with E-state index < -0.39 is 27.5 Å². The van der Waals surface area contributed by atoms with Crippen LogP contribution in [0.4, 0.5) is 13.2 Å². The Morgan fingerprint density at radius 1 is 1.18 bits per heavy atom. The maximum absolute atomic E-state index is 13.3. The maximum atomic E-state index is 13.3. The van der Waals surface area contributed by atoms with Gasteiger partial charge in [0.05, 0.1) is 36.1 Å². The van der Waals surface area contributed by atoms with Crippen molar-refractivity contribution < 1.29 is 35.9 Å². The Morgan fingerprint density at radius 3 is 2.42 bits per heavy atom. The highest BCUT2D eigenvalue weighted by molar-refractivity contribution is 9.08. The van der Waals surface area contributed by atoms with Crippen molar-refractivity contribution in [3.8, 4) is 17.0 Å². The van der Waals surface area contributed by atoms with Gasteiger partial charge in [0.15, 0.2) is 9.84 Å². The molecule has 3 rings (SSSR count). The van der Waals surface area contributed by atoms with Gasteiger partial charge in [0.2, 0.25) is 0 Å². The van der Waals surface area contributed by atoms with E-state index >= 15 is 0 Å². The third-order valence-corrected chi connectivity index (χ3v) is 6.52. The van der Waals surface area contributed by atoms with Crippen molar-refractivity contribution in [2.24, 2.45) is 0 Å². The summed E-state index contributed by atoms with van der Waals surface area (Å²) in [5.74, 6) is -0.758. The normalized spacial score (nSPS) is 12.1. The summed E-state index contributed by atoms with van der Waals surface area (Å²) in [4.78, 5) is 17.1. The number of methoxy groups -OCH3 is 1. The third-order valence-electron chi connectivity index (χ3n) is 4.84. The Balaban J connectivity index is 2.47. The van der Waals surface area contributed by atoms with E-state index in [2.05, 4.69) is 20.9 Å². The van der Waals surface area contributed by atoms with E-state index in [1.807, 2.05) is 0 Å². The van der Waals surface area contributed by atoms with Crippen molar-refractivity contribution in [2.45, 2.75) is 23.3 Å². The molecular weight excluding hydrogens is 527 g/mol. The summed E-state index contributed by atoms with van der Waals surface area (Å²) < 4.78 is 75.0. The lowest BCUT2D eigenvalue weighted by Crippen LogP contribution is -2.11. The Hall–Kier alpha value is -2.66. The lowest BCUT2D eigenvalue weighted by molar-refractivity contribution is -0.137. The Labute approximate surface area is 196 Å². The first-order valence-corrected chi connectivity index (χ1v) is 12.6. The van der Waals surface area contributed by atoms with Crippen LogP contribution in [0.2, 0.25) is 0 Å². The molecule has 0 fully saturated rings. The molecule has 33 heavy (non-hydrogen) atoms. The number of hydrogen-bond donors (Lipinski definition) is 0. The molecule has 0 saturated heterocycles. The molecule has 0 aliphatic carbocycles. The number of alkyl halides is 4. The number of ether oxygens (including phenoxy) is 2. The van der Waals surface area contributed by atoms with Gasteiger partial charge < -0.3 is 9.47 Å². The minimum atomic E-state index is -4.57. The van der Waals surface area contributed by atoms with Crippen LogP contribution >= 0.6 is 15.9 Å². The van der Waals surface area contributed by atoms with Gasteiger partial charge in [-0.2, -0.15) is 13.2 Å². The summed E-state index contributed by atoms with van der Waals surface area (Å²) in [6, 6.07) is 7.21. The van der Waals surface area contributed by atoms with E-state index in [1.165, 1.54) is 24.3 Å². The van der Waals surface area contributed by atoms with E-state index in [0.717, 1.165) is 25.5 Å². The SMILES string of the molecule is CCOc1cc2nc(-c3cccc(C(F)(F)F)c3)c(CBr)c(C(=O)OC)c2cc1S(C)(=O)=O. The smallest absolute Gasteiger partial charge is 0.416 e. The number of fused-ring (bicyclic) bond motifs is 1. The third kappa shape index (κ3) is 4.98. The summed E-state index contributed by atoms with van der Waals surface area (Å²) in [5.41, 5.74) is -0.179. The molecule has 0 aliphatic rings. The quantitative estimate of drug-likeness (QED) is 0.304. The lowest BCUT2D eigenvalue weighted by Gasteiger charge is -2.17. The van der Waals surface area contributed by atoms with Gasteiger partial charge in [-0.1, -0.05) is 28.1 Å². The number of carbonyl (C=O) groups excluding carboxylic acids is 1. The average molecular weight is 546 g/mol. The highest BCUT2D eigenvalue weighted by Crippen LogP contribution is 2.38. The second-order valence-corrected chi connectivity index (χ2v) is 9.58. The summed E-state index contributed by atoms with van der Waals surface area (Å²) in [6.07, 6.45) is -3.57. The first-order valence-electron chi connectivity index (χ1n) is 9.57. The topological polar surface area (TPSA) is 82.6 Å². The van der Waals surface area contributed by atoms with Crippen molar-refractivity contribution in [2.75, 3.05) is 20.0 Å². The first-order chi connectivity index (χ1) is 15.4. The molecule has 0 aliphatic heterocycles. The zero-order valence-electron chi connectivity index (χ0n) is 17.8. The summed E-state index contributed by atoms with van der Waals surface area (Å²) >= 11 is 3.28. The monoisotopic (exact) mass is 545 g/mol. The molecular formula is C22H19BrF3NO5S. The molecule has 3 aromatic rings. The van der Waals surface area contributed by atoms with Gasteiger partial charge in [0.1, 0.15) is 10.6 Å². The van der Waals surface area contributed by atoms with Gasteiger partial charge in [-0.3, -0.25) is 0 Å². The largest absolute Gasteiger partial charge is 0.492 e. The second kappa shape index (κ2) is 9.30. The Kier molecular flexibility index (Phi) is 7.04. The van der Waals surface area contributed by atoms with Crippen LogP contribution in [0.25, 0.3) is 22.2 Å². The highest BCUT2D eigenvalue weighted by Gasteiger charge is 2.31. The summed E-state index contributed by atoms with van der Waals surface area (Å²) in [5, 5.41) is 0.226. The number of pyridine rings is 1. The predicted molar refractivity (Wildman–Crippen MR) is 120 cm³/mol. The van der Waals surface area contributed by atoms with Gasteiger partial charge >= 0.3 is 12.1 Å². The van der Waals surface area contributed by atoms with E-state index in [1.54, 1.807) is 6.92 Å². The number of benzene rings is 2. The lowest BCUT2D eigenvalue weighted by atomic mass is 9.96. The molecule has 0 amide bonds. The molecule has 2 aromatic carbocycles. The molecule has 0 unspecified atom stereocenters. The van der Waals surface area contributed by atoms with E-state index in [0.29, 0.717) is 0 Å². The molecule has 176 valence electrons. The van der Waals surface area contributed by atoms with Gasteiger partial charge in [0.25, 0.3) is 0 Å². The van der Waals surface area contributed by atoms with Crippen LogP contribution in [0.15, 0.2) is 41.3 Å². The van der Waals surface area contributed by atoms with Gasteiger partial charge in [-0.25, -0.2) is 18.2 Å². The minimum absolute atomic E-state index is 0.000245. The van der Waals surface area contributed by atoms with Crippen molar-refractivity contribution in [3.05, 3.63) is 53.1 Å². The van der Waals surface area contributed by atoms with E-state index in [4.69, 9.17) is 9.47 Å². The van der Waals surface area contributed by atoms with Gasteiger partial charge in [-0.15, -0.1) is 0 Å². The van der Waals surface area contributed by atoms with Crippen LogP contribution in [0.5, 0.6) is 5.75 Å². The summed E-state index contributed by atoms with van der Waals surface area (Å²) in [6.45, 7) is 1.84. The van der Waals surface area contributed by atoms with Crippen LogP contribution < -0.4 is 4.74 Å². The first kappa shape index (κ1) is 25.0. The molecule has 0 saturated carbocycles. The van der Waals surface area contributed by atoms with Crippen molar-refractivity contribution in [1.82, 2.24) is 4.98 Å². The minimum Gasteiger partial charge on any atom is -0.492 e. The zero-order valence-corrected chi connectivity index (χ0v) is 20.2. The molecule has 0 spiro atoms. The summed E-state index contributed by atoms with van der Waals surface area (Å²) in [7, 11) is -2.59. The van der Waals surface area contributed by atoms with Crippen LogP contribution in [0.3, 0.4) is 0 Å². The predicted octanol–water partition coefficient (Wildman–Crippen LogP) is 5.40. The van der Waals surface area contributed by atoms with Gasteiger partial charge in [0, 0.05) is 34.2 Å². The number of aromatic nitrogens is 1. The zero-order chi connectivity index (χ0) is 24.6. The van der Waals surface area contributed by atoms with Gasteiger partial charge in [-0.05, 0) is 25.1 Å². The maximum Gasteiger partial charge on any atom is 0.416 e. The second-order valence-electron chi connectivity index (χ2n) is 7.04. The molecule has 0 N–H and O–H groups in total. The number of nitrogens with zero attached hydrogens (tertiary/aromatic N) is 1. The van der Waals surface area contributed by atoms with Crippen molar-refractivity contribution in [1.29, 1.82) is 0 Å². The standard InChI is InChI=1S/C22H19BrF3NO5S/c1-4-32-17-10-16-14(9-18(17)33(3,29)30)19(21(28)31-2)15(11-23)20(27-16)12-6-5-7-13(8-12)22(24,25)26/h5-10H,4,11H2,1-3H3. The molecule has 6 nitrogen and oxygen atoms in total. The number of sulfone groups is 1. The van der Waals surface area contributed by atoms with Crippen LogP contribution in [-0.4, -0.2) is 39.3 Å². The van der Waals surface area contributed by atoms with Crippen LogP contribution in [0.1, 0.15) is 28.4 Å². The van der Waals surface area contributed by atoms with Crippen molar-refractivity contribution in [3.63, 3.8) is 0 Å². The van der Waals surface area contributed by atoms with Crippen molar-refractivity contribution >= 4 is 42.6 Å². The highest BCUT2D eigenvalue weighted by atomic mass is 79.9. The molecule has 0 radical (unpaired) electrons. The number of halogens is 4. The fourth-order valence-electron chi connectivity index (χ4n) is 3.42. The van der Waals surface area contributed by atoms with Crippen LogP contribution in [0, 0.1) is 0 Å². The van der Waals surface area contributed by atoms with Crippen LogP contribution in [-0.2, 0) is 26.1 Å².